The first-order valence-corrected chi connectivity index (χ1v) is 5.97. The number of nitrogens with one attached hydrogen (secondary N) is 1. The molecule has 0 radical (unpaired) electrons. The highest BCUT2D eigenvalue weighted by atomic mass is 19.4. The highest BCUT2D eigenvalue weighted by Crippen LogP contribution is 2.36. The van der Waals surface area contributed by atoms with Crippen LogP contribution in [0.4, 0.5) is 13.2 Å². The molecule has 0 fully saturated rings. The van der Waals surface area contributed by atoms with E-state index in [-0.39, 0.29) is 11.9 Å². The van der Waals surface area contributed by atoms with E-state index in [9.17, 15) is 13.2 Å². The summed E-state index contributed by atoms with van der Waals surface area (Å²) in [5.41, 5.74) is -0.751. The van der Waals surface area contributed by atoms with Crippen LogP contribution >= 0.6 is 0 Å². The molecule has 19 heavy (non-hydrogen) atoms. The van der Waals surface area contributed by atoms with Gasteiger partial charge in [0.1, 0.15) is 11.9 Å². The van der Waals surface area contributed by atoms with E-state index >= 15 is 0 Å². The summed E-state index contributed by atoms with van der Waals surface area (Å²) in [5, 5.41) is 3.03. The van der Waals surface area contributed by atoms with Crippen LogP contribution in [0.2, 0.25) is 0 Å². The molecule has 1 aromatic rings. The first kappa shape index (κ1) is 15.8. The fourth-order valence-electron chi connectivity index (χ4n) is 1.54. The van der Waals surface area contributed by atoms with Gasteiger partial charge in [-0.05, 0) is 19.1 Å². The van der Waals surface area contributed by atoms with Gasteiger partial charge in [0.05, 0.1) is 12.2 Å². The minimum Gasteiger partial charge on any atom is -0.489 e. The number of benzene rings is 1. The van der Waals surface area contributed by atoms with E-state index in [1.165, 1.54) is 18.2 Å². The van der Waals surface area contributed by atoms with Crippen LogP contribution < -0.4 is 10.1 Å². The average Bonchev–Trinajstić information content (AvgIpc) is 2.34. The Hall–Kier alpha value is -1.27. The van der Waals surface area contributed by atoms with E-state index in [0.717, 1.165) is 6.07 Å². The van der Waals surface area contributed by atoms with Gasteiger partial charge in [0.2, 0.25) is 0 Å². The normalized spacial score (nSPS) is 13.3. The lowest BCUT2D eigenvalue weighted by atomic mass is 10.2. The molecule has 0 amide bonds. The van der Waals surface area contributed by atoms with Crippen molar-refractivity contribution in [1.82, 2.24) is 5.32 Å². The lowest BCUT2D eigenvalue weighted by Gasteiger charge is -2.19. The maximum atomic E-state index is 12.7. The van der Waals surface area contributed by atoms with Crippen LogP contribution in [0, 0.1) is 0 Å². The van der Waals surface area contributed by atoms with Gasteiger partial charge < -0.3 is 14.8 Å². The maximum absolute atomic E-state index is 12.7. The molecule has 1 rings (SSSR count). The number of alkyl halides is 3. The summed E-state index contributed by atoms with van der Waals surface area (Å²) in [6.07, 6.45) is -4.76. The number of ether oxygens (including phenoxy) is 2. The summed E-state index contributed by atoms with van der Waals surface area (Å²) >= 11 is 0. The number of hydrogen-bond donors (Lipinski definition) is 1. The summed E-state index contributed by atoms with van der Waals surface area (Å²) < 4.78 is 48.4. The molecule has 3 nitrogen and oxygen atoms in total. The van der Waals surface area contributed by atoms with Gasteiger partial charge in [-0.25, -0.2) is 0 Å². The Morgan fingerprint density at radius 3 is 2.58 bits per heavy atom. The topological polar surface area (TPSA) is 30.5 Å². The van der Waals surface area contributed by atoms with Gasteiger partial charge >= 0.3 is 6.18 Å². The van der Waals surface area contributed by atoms with Crippen molar-refractivity contribution in [3.63, 3.8) is 0 Å². The SMILES string of the molecule is COCCNCC(C)Oc1ccccc1C(F)(F)F. The predicted molar refractivity (Wildman–Crippen MR) is 66.3 cm³/mol. The van der Waals surface area contributed by atoms with E-state index in [1.807, 2.05) is 0 Å². The smallest absolute Gasteiger partial charge is 0.419 e. The van der Waals surface area contributed by atoms with Crippen LogP contribution in [0.1, 0.15) is 12.5 Å². The molecule has 1 aromatic carbocycles. The van der Waals surface area contributed by atoms with E-state index in [1.54, 1.807) is 14.0 Å². The molecule has 0 heterocycles. The third-order valence-electron chi connectivity index (χ3n) is 2.44. The highest BCUT2D eigenvalue weighted by Gasteiger charge is 2.34. The van der Waals surface area contributed by atoms with Crippen molar-refractivity contribution in [2.24, 2.45) is 0 Å². The lowest BCUT2D eigenvalue weighted by Crippen LogP contribution is -2.31. The molecule has 0 spiro atoms. The molecule has 0 saturated carbocycles. The summed E-state index contributed by atoms with van der Waals surface area (Å²) in [4.78, 5) is 0. The fraction of sp³-hybridized carbons (Fsp3) is 0.538. The van der Waals surface area contributed by atoms with Crippen molar-refractivity contribution in [3.8, 4) is 5.75 Å². The standard InChI is InChI=1S/C13H18F3NO2/c1-10(9-17-7-8-18-2)19-12-6-4-3-5-11(12)13(14,15)16/h3-6,10,17H,7-9H2,1-2H3. The minimum atomic E-state index is -4.40. The monoisotopic (exact) mass is 277 g/mol. The van der Waals surface area contributed by atoms with Crippen molar-refractivity contribution in [1.29, 1.82) is 0 Å². The second-order valence-corrected chi connectivity index (χ2v) is 4.12. The van der Waals surface area contributed by atoms with Crippen molar-refractivity contribution in [2.45, 2.75) is 19.2 Å². The van der Waals surface area contributed by atoms with Crippen molar-refractivity contribution in [2.75, 3.05) is 26.8 Å². The molecule has 0 aliphatic carbocycles. The molecule has 6 heteroatoms. The number of para-hydroxylation sites is 1. The van der Waals surface area contributed by atoms with E-state index < -0.39 is 11.7 Å². The number of methoxy groups -OCH3 is 1. The lowest BCUT2D eigenvalue weighted by molar-refractivity contribution is -0.139. The van der Waals surface area contributed by atoms with Gasteiger partial charge in [0, 0.05) is 20.2 Å². The molecule has 0 aliphatic heterocycles. The van der Waals surface area contributed by atoms with Crippen LogP contribution in [-0.2, 0) is 10.9 Å². The summed E-state index contributed by atoms with van der Waals surface area (Å²) in [5.74, 6) is -0.143. The first-order chi connectivity index (χ1) is 8.95. The van der Waals surface area contributed by atoms with E-state index in [2.05, 4.69) is 5.32 Å². The maximum Gasteiger partial charge on any atom is 0.419 e. The Morgan fingerprint density at radius 2 is 1.95 bits per heavy atom. The van der Waals surface area contributed by atoms with Crippen molar-refractivity contribution >= 4 is 0 Å². The van der Waals surface area contributed by atoms with Crippen molar-refractivity contribution < 1.29 is 22.6 Å². The summed E-state index contributed by atoms with van der Waals surface area (Å²) in [7, 11) is 1.58. The minimum absolute atomic E-state index is 0.143. The second kappa shape index (κ2) is 7.35. The van der Waals surface area contributed by atoms with Crippen LogP contribution in [0.25, 0.3) is 0 Å². The third kappa shape index (κ3) is 5.48. The molecule has 1 unspecified atom stereocenters. The van der Waals surface area contributed by atoms with Crippen LogP contribution in [-0.4, -0.2) is 32.9 Å². The molecule has 1 atom stereocenters. The van der Waals surface area contributed by atoms with Gasteiger partial charge in [0.25, 0.3) is 0 Å². The fourth-order valence-corrected chi connectivity index (χ4v) is 1.54. The highest BCUT2D eigenvalue weighted by molar-refractivity contribution is 5.35. The molecule has 108 valence electrons. The van der Waals surface area contributed by atoms with Gasteiger partial charge in [-0.1, -0.05) is 12.1 Å². The number of rotatable bonds is 7. The van der Waals surface area contributed by atoms with E-state index in [4.69, 9.17) is 9.47 Å². The van der Waals surface area contributed by atoms with Crippen LogP contribution in [0.3, 0.4) is 0 Å². The molecule has 1 N–H and O–H groups in total. The van der Waals surface area contributed by atoms with E-state index in [0.29, 0.717) is 19.7 Å². The first-order valence-electron chi connectivity index (χ1n) is 5.97. The number of hydrogen-bond acceptors (Lipinski definition) is 3. The summed E-state index contributed by atoms with van der Waals surface area (Å²) in [6, 6.07) is 5.21. The van der Waals surface area contributed by atoms with Gasteiger partial charge in [0.15, 0.2) is 0 Å². The zero-order valence-electron chi connectivity index (χ0n) is 11.0. The molecular formula is C13H18F3NO2. The second-order valence-electron chi connectivity index (χ2n) is 4.12. The zero-order valence-corrected chi connectivity index (χ0v) is 11.0. The van der Waals surface area contributed by atoms with Crippen molar-refractivity contribution in [3.05, 3.63) is 29.8 Å². The van der Waals surface area contributed by atoms with Gasteiger partial charge in [-0.3, -0.25) is 0 Å². The quantitative estimate of drug-likeness (QED) is 0.777. The average molecular weight is 277 g/mol. The van der Waals surface area contributed by atoms with Gasteiger partial charge in [-0.15, -0.1) is 0 Å². The molecular weight excluding hydrogens is 259 g/mol. The molecule has 0 aromatic heterocycles. The molecule has 0 bridgehead atoms. The Bertz CT molecular complexity index is 382. The Balaban J connectivity index is 2.57. The largest absolute Gasteiger partial charge is 0.489 e. The zero-order chi connectivity index (χ0) is 14.3. The van der Waals surface area contributed by atoms with Crippen LogP contribution in [0.5, 0.6) is 5.75 Å². The summed E-state index contributed by atoms with van der Waals surface area (Å²) in [6.45, 7) is 3.35. The Morgan fingerprint density at radius 1 is 1.26 bits per heavy atom. The molecule has 0 saturated heterocycles. The van der Waals surface area contributed by atoms with Crippen LogP contribution in [0.15, 0.2) is 24.3 Å². The third-order valence-corrected chi connectivity index (χ3v) is 2.44. The Kier molecular flexibility index (Phi) is 6.11. The molecule has 0 aliphatic rings. The Labute approximate surface area is 110 Å². The predicted octanol–water partition coefficient (Wildman–Crippen LogP) is 2.71. The number of halogens is 3. The van der Waals surface area contributed by atoms with Gasteiger partial charge in [-0.2, -0.15) is 13.2 Å².